The van der Waals surface area contributed by atoms with Crippen LogP contribution in [-0.2, 0) is 0 Å². The highest BCUT2D eigenvalue weighted by atomic mass is 35.5. The smallest absolute Gasteiger partial charge is 0.262 e. The topological polar surface area (TPSA) is 51.2 Å². The molecule has 1 N–H and O–H groups in total. The predicted octanol–water partition coefficient (Wildman–Crippen LogP) is 4.10. The van der Waals surface area contributed by atoms with Gasteiger partial charge in [-0.3, -0.25) is 4.79 Å². The van der Waals surface area contributed by atoms with Crippen LogP contribution in [0.3, 0.4) is 0 Å². The van der Waals surface area contributed by atoms with Gasteiger partial charge < -0.3 is 10.1 Å². The minimum Gasteiger partial charge on any atom is -0.496 e. The number of hydrogen-bond donors (Lipinski definition) is 1. The maximum Gasteiger partial charge on any atom is 0.262 e. The molecule has 0 aliphatic rings. The number of aryl methyl sites for hydroxylation is 1. The lowest BCUT2D eigenvalue weighted by atomic mass is 10.1. The van der Waals surface area contributed by atoms with Gasteiger partial charge in [-0.25, -0.2) is 9.37 Å². The first-order valence-electron chi connectivity index (χ1n) is 5.90. The van der Waals surface area contributed by atoms with Crippen LogP contribution < -0.4 is 10.1 Å². The molecule has 4 nitrogen and oxygen atoms in total. The van der Waals surface area contributed by atoms with Gasteiger partial charge in [-0.15, -0.1) is 0 Å². The Balaban J connectivity index is 2.40. The number of aromatic nitrogens is 1. The van der Waals surface area contributed by atoms with Crippen LogP contribution in [0.4, 0.5) is 10.1 Å². The van der Waals surface area contributed by atoms with Crippen molar-refractivity contribution in [2.45, 2.75) is 6.92 Å². The molecule has 0 saturated carbocycles. The Morgan fingerprint density at radius 3 is 2.71 bits per heavy atom. The van der Waals surface area contributed by atoms with Gasteiger partial charge in [-0.05, 0) is 30.7 Å². The first kappa shape index (κ1) is 15.5. The van der Waals surface area contributed by atoms with Gasteiger partial charge in [-0.1, -0.05) is 29.3 Å². The molecule has 0 bridgehead atoms. The fourth-order valence-corrected chi connectivity index (χ4v) is 2.40. The Morgan fingerprint density at radius 2 is 2.10 bits per heavy atom. The molecular weight excluding hydrogens is 318 g/mol. The monoisotopic (exact) mass is 328 g/mol. The first-order valence-corrected chi connectivity index (χ1v) is 6.66. The summed E-state index contributed by atoms with van der Waals surface area (Å²) >= 11 is 11.7. The summed E-state index contributed by atoms with van der Waals surface area (Å²) in [5.74, 6) is -1.25. The van der Waals surface area contributed by atoms with E-state index in [4.69, 9.17) is 27.9 Å². The fraction of sp³-hybridized carbons (Fsp3) is 0.143. The number of anilines is 1. The third-order valence-electron chi connectivity index (χ3n) is 2.80. The molecule has 1 aromatic heterocycles. The summed E-state index contributed by atoms with van der Waals surface area (Å²) in [6.07, 6.45) is 0. The highest BCUT2D eigenvalue weighted by Crippen LogP contribution is 2.28. The van der Waals surface area contributed by atoms with Gasteiger partial charge in [0.15, 0.2) is 5.15 Å². The van der Waals surface area contributed by atoms with Crippen LogP contribution in [0.25, 0.3) is 0 Å². The normalized spacial score (nSPS) is 10.3. The van der Waals surface area contributed by atoms with E-state index in [2.05, 4.69) is 10.3 Å². The van der Waals surface area contributed by atoms with E-state index in [0.717, 1.165) is 0 Å². The predicted molar refractivity (Wildman–Crippen MR) is 79.9 cm³/mol. The molecule has 0 aliphatic heterocycles. The second-order valence-electron chi connectivity index (χ2n) is 4.20. The highest BCUT2D eigenvalue weighted by molar-refractivity contribution is 6.35. The number of hydrogen-bond acceptors (Lipinski definition) is 3. The largest absolute Gasteiger partial charge is 0.496 e. The molecular formula is C14H11Cl2FN2O2. The van der Waals surface area contributed by atoms with Gasteiger partial charge >= 0.3 is 0 Å². The van der Waals surface area contributed by atoms with Crippen molar-refractivity contribution in [1.82, 2.24) is 4.98 Å². The first-order chi connectivity index (χ1) is 9.93. The zero-order valence-electron chi connectivity index (χ0n) is 11.2. The van der Waals surface area contributed by atoms with E-state index in [1.165, 1.54) is 25.3 Å². The molecule has 0 saturated heterocycles. The lowest BCUT2D eigenvalue weighted by Gasteiger charge is -2.12. The second kappa shape index (κ2) is 6.28. The Morgan fingerprint density at radius 1 is 1.38 bits per heavy atom. The van der Waals surface area contributed by atoms with Gasteiger partial charge in [0, 0.05) is 0 Å². The van der Waals surface area contributed by atoms with Gasteiger partial charge in [-0.2, -0.15) is 0 Å². The number of carbonyl (C=O) groups excluding carboxylic acids is 1. The van der Waals surface area contributed by atoms with Crippen LogP contribution in [0, 0.1) is 12.7 Å². The Kier molecular flexibility index (Phi) is 4.65. The summed E-state index contributed by atoms with van der Waals surface area (Å²) < 4.78 is 18.8. The minimum absolute atomic E-state index is 0.0312. The minimum atomic E-state index is -0.692. The molecule has 0 unspecified atom stereocenters. The maximum absolute atomic E-state index is 13.8. The molecule has 7 heteroatoms. The summed E-state index contributed by atoms with van der Waals surface area (Å²) in [6, 6.07) is 5.66. The van der Waals surface area contributed by atoms with Crippen molar-refractivity contribution in [3.8, 4) is 5.75 Å². The van der Waals surface area contributed by atoms with Crippen molar-refractivity contribution >= 4 is 34.8 Å². The number of nitrogens with one attached hydrogen (secondary N) is 1. The average molecular weight is 329 g/mol. The fourth-order valence-electron chi connectivity index (χ4n) is 1.82. The van der Waals surface area contributed by atoms with Gasteiger partial charge in [0.2, 0.25) is 0 Å². The van der Waals surface area contributed by atoms with Gasteiger partial charge in [0.1, 0.15) is 22.3 Å². The Labute approximate surface area is 130 Å². The van der Waals surface area contributed by atoms with E-state index in [1.807, 2.05) is 0 Å². The van der Waals surface area contributed by atoms with Crippen LogP contribution in [0.15, 0.2) is 24.3 Å². The van der Waals surface area contributed by atoms with Crippen LogP contribution in [0.2, 0.25) is 10.3 Å². The lowest BCUT2D eigenvalue weighted by Crippen LogP contribution is -2.16. The number of methoxy groups -OCH3 is 1. The molecule has 0 fully saturated rings. The number of benzene rings is 1. The van der Waals surface area contributed by atoms with E-state index in [0.29, 0.717) is 5.56 Å². The molecule has 0 aliphatic carbocycles. The quantitative estimate of drug-likeness (QED) is 0.863. The maximum atomic E-state index is 13.8. The van der Waals surface area contributed by atoms with E-state index >= 15 is 0 Å². The van der Waals surface area contributed by atoms with Crippen molar-refractivity contribution in [3.05, 3.63) is 51.5 Å². The molecule has 1 amide bonds. The summed E-state index contributed by atoms with van der Waals surface area (Å²) in [5, 5.41) is 2.76. The molecule has 0 atom stereocenters. The van der Waals surface area contributed by atoms with Crippen LogP contribution in [0.5, 0.6) is 5.75 Å². The van der Waals surface area contributed by atoms with Crippen LogP contribution in [-0.4, -0.2) is 18.0 Å². The molecule has 1 heterocycles. The van der Waals surface area contributed by atoms with Crippen molar-refractivity contribution in [1.29, 1.82) is 0 Å². The molecule has 0 radical (unpaired) electrons. The van der Waals surface area contributed by atoms with E-state index < -0.39 is 11.7 Å². The summed E-state index contributed by atoms with van der Waals surface area (Å²) in [7, 11) is 1.35. The van der Waals surface area contributed by atoms with Crippen molar-refractivity contribution in [2.75, 3.05) is 12.4 Å². The van der Waals surface area contributed by atoms with E-state index in [1.54, 1.807) is 13.0 Å². The highest BCUT2D eigenvalue weighted by Gasteiger charge is 2.20. The van der Waals surface area contributed by atoms with E-state index in [-0.39, 0.29) is 27.3 Å². The van der Waals surface area contributed by atoms with Gasteiger partial charge in [0.05, 0.1) is 12.8 Å². The molecule has 110 valence electrons. The second-order valence-corrected chi connectivity index (χ2v) is 4.94. The average Bonchev–Trinajstić information content (AvgIpc) is 2.42. The number of amides is 1. The molecule has 2 rings (SSSR count). The summed E-state index contributed by atoms with van der Waals surface area (Å²) in [6.45, 7) is 1.70. The number of nitrogens with zero attached hydrogens (tertiary/aromatic N) is 1. The Bertz CT molecular complexity index is 684. The zero-order chi connectivity index (χ0) is 15.6. The lowest BCUT2D eigenvalue weighted by molar-refractivity contribution is 0.102. The number of pyridine rings is 1. The third-order valence-corrected chi connectivity index (χ3v) is 3.27. The zero-order valence-corrected chi connectivity index (χ0v) is 12.7. The molecule has 2 aromatic rings. The summed E-state index contributed by atoms with van der Waals surface area (Å²) in [4.78, 5) is 16.1. The van der Waals surface area contributed by atoms with Crippen molar-refractivity contribution in [2.24, 2.45) is 0 Å². The van der Waals surface area contributed by atoms with E-state index in [9.17, 15) is 9.18 Å². The number of carbonyl (C=O) groups is 1. The molecule has 21 heavy (non-hydrogen) atoms. The van der Waals surface area contributed by atoms with Crippen LogP contribution in [0.1, 0.15) is 15.9 Å². The number of rotatable bonds is 3. The standard InChI is InChI=1S/C14H11Cl2FN2O2/c1-7-6-10(15)18-13(16)12(7)19-14(20)11-8(17)4-3-5-9(11)21-2/h3-6H,1-2H3,(H,19,20). The Hall–Kier alpha value is -1.85. The van der Waals surface area contributed by atoms with Crippen LogP contribution >= 0.6 is 23.2 Å². The number of ether oxygens (including phenoxy) is 1. The third kappa shape index (κ3) is 3.25. The SMILES string of the molecule is COc1cccc(F)c1C(=O)Nc1c(C)cc(Cl)nc1Cl. The van der Waals surface area contributed by atoms with Crippen molar-refractivity contribution in [3.63, 3.8) is 0 Å². The van der Waals surface area contributed by atoms with Crippen molar-refractivity contribution < 1.29 is 13.9 Å². The molecule has 1 aromatic carbocycles. The van der Waals surface area contributed by atoms with Gasteiger partial charge in [0.25, 0.3) is 5.91 Å². The summed E-state index contributed by atoms with van der Waals surface area (Å²) in [5.41, 5.74) is 0.686. The number of halogens is 3. The molecule has 0 spiro atoms.